The monoisotopic (exact) mass is 206 g/mol. The number of hydrogen-bond acceptors (Lipinski definition) is 5. The average molecular weight is 206 g/mol. The molecule has 0 spiro atoms. The number of carbonyl (C=O) groups is 1. The molecular weight excluding hydrogens is 196 g/mol. The van der Waals surface area contributed by atoms with E-state index < -0.39 is 0 Å². The summed E-state index contributed by atoms with van der Waals surface area (Å²) in [5.41, 5.74) is 1.00. The molecule has 0 radical (unpaired) electrons. The number of hydrogen-bond donors (Lipinski definition) is 0. The van der Waals surface area contributed by atoms with Crippen molar-refractivity contribution in [1.82, 2.24) is 19.6 Å². The Kier molecular flexibility index (Phi) is 2.32. The Hall–Kier alpha value is -1.98. The van der Waals surface area contributed by atoms with Crippen LogP contribution in [0.25, 0.3) is 5.78 Å². The molecule has 2 heterocycles. The third kappa shape index (κ3) is 1.65. The van der Waals surface area contributed by atoms with Gasteiger partial charge in [0, 0.05) is 6.20 Å². The molecule has 0 atom stereocenters. The van der Waals surface area contributed by atoms with E-state index in [9.17, 15) is 4.79 Å². The Bertz CT molecular complexity index is 506. The molecule has 0 aliphatic heterocycles. The molecule has 0 amide bonds. The first-order valence-electron chi connectivity index (χ1n) is 4.56. The van der Waals surface area contributed by atoms with Crippen molar-refractivity contribution in [1.29, 1.82) is 0 Å². The number of carbonyl (C=O) groups excluding carboxylic acids is 1. The van der Waals surface area contributed by atoms with Crippen molar-refractivity contribution in [3.63, 3.8) is 0 Å². The molecule has 0 aromatic carbocycles. The smallest absolute Gasteiger partial charge is 0.341 e. The van der Waals surface area contributed by atoms with Gasteiger partial charge in [-0.2, -0.15) is 10.1 Å². The maximum absolute atomic E-state index is 11.5. The molecule has 0 saturated carbocycles. The van der Waals surface area contributed by atoms with Gasteiger partial charge >= 0.3 is 5.97 Å². The van der Waals surface area contributed by atoms with Crippen LogP contribution < -0.4 is 0 Å². The van der Waals surface area contributed by atoms with Gasteiger partial charge in [0.2, 0.25) is 0 Å². The normalized spacial score (nSPS) is 10.5. The van der Waals surface area contributed by atoms with Gasteiger partial charge in [0.25, 0.3) is 5.78 Å². The van der Waals surface area contributed by atoms with Gasteiger partial charge in [0.1, 0.15) is 6.33 Å². The van der Waals surface area contributed by atoms with Crippen LogP contribution in [0, 0.1) is 6.92 Å². The molecule has 0 bridgehead atoms. The van der Waals surface area contributed by atoms with Crippen LogP contribution in [0.5, 0.6) is 0 Å². The minimum Gasteiger partial charge on any atom is -0.462 e. The van der Waals surface area contributed by atoms with E-state index in [2.05, 4.69) is 15.1 Å². The minimum absolute atomic E-state index is 0.341. The van der Waals surface area contributed by atoms with Crippen LogP contribution in [0.4, 0.5) is 0 Å². The zero-order chi connectivity index (χ0) is 10.8. The number of rotatable bonds is 2. The number of nitrogens with zero attached hydrogens (tertiary/aromatic N) is 4. The molecule has 2 rings (SSSR count). The van der Waals surface area contributed by atoms with Crippen LogP contribution in [0.2, 0.25) is 0 Å². The van der Waals surface area contributed by atoms with E-state index in [1.807, 2.05) is 0 Å². The largest absolute Gasteiger partial charge is 0.462 e. The van der Waals surface area contributed by atoms with Gasteiger partial charge in [-0.15, -0.1) is 0 Å². The third-order valence-corrected chi connectivity index (χ3v) is 1.96. The van der Waals surface area contributed by atoms with Gasteiger partial charge in [-0.3, -0.25) is 0 Å². The van der Waals surface area contributed by atoms with Gasteiger partial charge in [-0.05, 0) is 13.8 Å². The zero-order valence-corrected chi connectivity index (χ0v) is 8.47. The van der Waals surface area contributed by atoms with Crippen molar-refractivity contribution in [3.8, 4) is 0 Å². The highest BCUT2D eigenvalue weighted by Gasteiger charge is 2.13. The molecule has 2 aromatic rings. The predicted octanol–water partition coefficient (Wildman–Crippen LogP) is 0.609. The molecule has 2 aromatic heterocycles. The predicted molar refractivity (Wildman–Crippen MR) is 51.5 cm³/mol. The van der Waals surface area contributed by atoms with Gasteiger partial charge in [-0.1, -0.05) is 0 Å². The van der Waals surface area contributed by atoms with E-state index in [0.717, 1.165) is 0 Å². The Balaban J connectivity index is 2.50. The second-order valence-electron chi connectivity index (χ2n) is 2.97. The van der Waals surface area contributed by atoms with Crippen LogP contribution in [0.1, 0.15) is 23.0 Å². The highest BCUT2D eigenvalue weighted by Crippen LogP contribution is 2.07. The molecule has 0 aliphatic rings. The first kappa shape index (κ1) is 9.57. The van der Waals surface area contributed by atoms with Crippen molar-refractivity contribution in [2.75, 3.05) is 6.61 Å². The quantitative estimate of drug-likeness (QED) is 0.673. The van der Waals surface area contributed by atoms with E-state index in [-0.39, 0.29) is 5.97 Å². The number of aromatic nitrogens is 4. The average Bonchev–Trinajstić information content (AvgIpc) is 2.63. The highest BCUT2D eigenvalue weighted by molar-refractivity contribution is 5.90. The summed E-state index contributed by atoms with van der Waals surface area (Å²) < 4.78 is 6.34. The third-order valence-electron chi connectivity index (χ3n) is 1.96. The summed E-state index contributed by atoms with van der Waals surface area (Å²) in [7, 11) is 0. The summed E-state index contributed by atoms with van der Waals surface area (Å²) in [6, 6.07) is 0. The first-order valence-corrected chi connectivity index (χ1v) is 4.56. The molecule has 6 nitrogen and oxygen atoms in total. The molecular formula is C9H10N4O2. The van der Waals surface area contributed by atoms with Gasteiger partial charge in [-0.25, -0.2) is 14.3 Å². The second-order valence-corrected chi connectivity index (χ2v) is 2.97. The maximum Gasteiger partial charge on any atom is 0.341 e. The van der Waals surface area contributed by atoms with Crippen molar-refractivity contribution >= 4 is 11.7 Å². The Labute approximate surface area is 85.9 Å². The van der Waals surface area contributed by atoms with Gasteiger partial charge in [0.15, 0.2) is 0 Å². The van der Waals surface area contributed by atoms with Gasteiger partial charge in [0.05, 0.1) is 17.9 Å². The van der Waals surface area contributed by atoms with Crippen LogP contribution in [-0.4, -0.2) is 32.2 Å². The Morgan fingerprint density at radius 1 is 1.60 bits per heavy atom. The molecule has 0 N–H and O–H groups in total. The number of fused-ring (bicyclic) bond motifs is 1. The molecule has 15 heavy (non-hydrogen) atoms. The fourth-order valence-corrected chi connectivity index (χ4v) is 1.25. The number of aryl methyl sites for hydroxylation is 1. The lowest BCUT2D eigenvalue weighted by Crippen LogP contribution is -2.10. The van der Waals surface area contributed by atoms with Crippen molar-refractivity contribution in [3.05, 3.63) is 23.8 Å². The molecule has 0 aliphatic carbocycles. The first-order chi connectivity index (χ1) is 7.22. The zero-order valence-electron chi connectivity index (χ0n) is 8.47. The second kappa shape index (κ2) is 3.64. The van der Waals surface area contributed by atoms with Crippen molar-refractivity contribution in [2.45, 2.75) is 13.8 Å². The molecule has 0 fully saturated rings. The topological polar surface area (TPSA) is 69.4 Å². The summed E-state index contributed by atoms with van der Waals surface area (Å²) in [5, 5.41) is 3.90. The van der Waals surface area contributed by atoms with E-state index in [1.54, 1.807) is 20.0 Å². The summed E-state index contributed by atoms with van der Waals surface area (Å²) in [6.45, 7) is 3.84. The summed E-state index contributed by atoms with van der Waals surface area (Å²) >= 11 is 0. The molecule has 0 unspecified atom stereocenters. The summed E-state index contributed by atoms with van der Waals surface area (Å²) in [5.74, 6) is 0.0837. The van der Waals surface area contributed by atoms with E-state index in [1.165, 1.54) is 10.8 Å². The number of ether oxygens (including phenoxy) is 1. The van der Waals surface area contributed by atoms with Crippen LogP contribution >= 0.6 is 0 Å². The fourth-order valence-electron chi connectivity index (χ4n) is 1.25. The van der Waals surface area contributed by atoms with Crippen molar-refractivity contribution in [2.24, 2.45) is 0 Å². The van der Waals surface area contributed by atoms with Crippen LogP contribution in [-0.2, 0) is 4.74 Å². The SMILES string of the molecule is CCOC(=O)c1cn2ncnc2nc1C. The number of esters is 1. The highest BCUT2D eigenvalue weighted by atomic mass is 16.5. The molecule has 0 saturated heterocycles. The lowest BCUT2D eigenvalue weighted by atomic mass is 10.2. The van der Waals surface area contributed by atoms with Crippen LogP contribution in [0.3, 0.4) is 0 Å². The van der Waals surface area contributed by atoms with Crippen LogP contribution in [0.15, 0.2) is 12.5 Å². The van der Waals surface area contributed by atoms with Gasteiger partial charge < -0.3 is 4.74 Å². The van der Waals surface area contributed by atoms with E-state index in [0.29, 0.717) is 23.6 Å². The standard InChI is InChI=1S/C9H10N4O2/c1-3-15-8(14)7-4-13-9(10-5-11-13)12-6(7)2/h4-5H,3H2,1-2H3. The summed E-state index contributed by atoms with van der Waals surface area (Å²) in [4.78, 5) is 19.5. The van der Waals surface area contributed by atoms with E-state index in [4.69, 9.17) is 4.74 Å². The molecule has 78 valence electrons. The van der Waals surface area contributed by atoms with Crippen molar-refractivity contribution < 1.29 is 9.53 Å². The van der Waals surface area contributed by atoms with E-state index >= 15 is 0 Å². The lowest BCUT2D eigenvalue weighted by Gasteiger charge is -2.04. The minimum atomic E-state index is -0.389. The Morgan fingerprint density at radius 2 is 2.40 bits per heavy atom. The Morgan fingerprint density at radius 3 is 3.13 bits per heavy atom. The maximum atomic E-state index is 11.5. The summed E-state index contributed by atoms with van der Waals surface area (Å²) in [6.07, 6.45) is 2.96. The lowest BCUT2D eigenvalue weighted by molar-refractivity contribution is 0.0524. The molecule has 6 heteroatoms. The fraction of sp³-hybridized carbons (Fsp3) is 0.333.